The Morgan fingerprint density at radius 2 is 1.76 bits per heavy atom. The first-order valence-electron chi connectivity index (χ1n) is 8.03. The average molecular weight is 344 g/mol. The second-order valence-electron chi connectivity index (χ2n) is 5.64. The minimum absolute atomic E-state index is 0.242. The van der Waals surface area contributed by atoms with Gasteiger partial charge < -0.3 is 25.2 Å². The van der Waals surface area contributed by atoms with Gasteiger partial charge in [0, 0.05) is 44.2 Å². The molecule has 134 valence electrons. The molecule has 6 heteroatoms. The van der Waals surface area contributed by atoms with Gasteiger partial charge in [-0.3, -0.25) is 0 Å². The molecule has 0 heterocycles. The van der Waals surface area contributed by atoms with Crippen molar-refractivity contribution in [3.8, 4) is 11.1 Å². The van der Waals surface area contributed by atoms with Crippen LogP contribution in [0.2, 0.25) is 0 Å². The van der Waals surface area contributed by atoms with Crippen LogP contribution in [-0.4, -0.2) is 51.6 Å². The highest BCUT2D eigenvalue weighted by Gasteiger charge is 2.14. The summed E-state index contributed by atoms with van der Waals surface area (Å²) in [5, 5.41) is 9.25. The largest absolute Gasteiger partial charge is 0.478 e. The molecule has 0 saturated heterocycles. The van der Waals surface area contributed by atoms with Gasteiger partial charge in [-0.05, 0) is 35.9 Å². The van der Waals surface area contributed by atoms with Crippen molar-refractivity contribution in [2.75, 3.05) is 51.2 Å². The quantitative estimate of drug-likeness (QED) is 0.681. The Balaban J connectivity index is 2.47. The van der Waals surface area contributed by atoms with E-state index >= 15 is 0 Å². The molecule has 0 saturated carbocycles. The number of benzene rings is 2. The number of hydrogen-bond donors (Lipinski definition) is 2. The number of nitrogens with zero attached hydrogens (tertiary/aromatic N) is 1. The molecule has 0 fully saturated rings. The van der Waals surface area contributed by atoms with Crippen molar-refractivity contribution >= 4 is 17.3 Å². The lowest BCUT2D eigenvalue weighted by Crippen LogP contribution is -2.31. The summed E-state index contributed by atoms with van der Waals surface area (Å²) in [6.45, 7) is 2.52. The SMILES string of the molecule is COCCN(CCOC)c1ccc(N)cc1-c1cccc(C(=O)O)c1. The van der Waals surface area contributed by atoms with Gasteiger partial charge in [0.2, 0.25) is 0 Å². The van der Waals surface area contributed by atoms with Crippen molar-refractivity contribution in [2.45, 2.75) is 0 Å². The highest BCUT2D eigenvalue weighted by atomic mass is 16.5. The molecular formula is C19H24N2O4. The Hall–Kier alpha value is -2.57. The number of anilines is 2. The summed E-state index contributed by atoms with van der Waals surface area (Å²) in [7, 11) is 3.32. The van der Waals surface area contributed by atoms with Gasteiger partial charge in [0.25, 0.3) is 0 Å². The average Bonchev–Trinajstić information content (AvgIpc) is 2.62. The van der Waals surface area contributed by atoms with E-state index in [4.69, 9.17) is 15.2 Å². The lowest BCUT2D eigenvalue weighted by Gasteiger charge is -2.27. The molecule has 2 rings (SSSR count). The Morgan fingerprint density at radius 1 is 1.08 bits per heavy atom. The van der Waals surface area contributed by atoms with E-state index in [9.17, 15) is 9.90 Å². The minimum atomic E-state index is -0.956. The topological polar surface area (TPSA) is 85.0 Å². The van der Waals surface area contributed by atoms with Crippen molar-refractivity contribution in [3.63, 3.8) is 0 Å². The maximum Gasteiger partial charge on any atom is 0.335 e. The first-order valence-corrected chi connectivity index (χ1v) is 8.03. The van der Waals surface area contributed by atoms with Crippen molar-refractivity contribution in [1.29, 1.82) is 0 Å². The predicted molar refractivity (Wildman–Crippen MR) is 99.2 cm³/mol. The third-order valence-corrected chi connectivity index (χ3v) is 3.91. The molecule has 3 N–H and O–H groups in total. The van der Waals surface area contributed by atoms with Gasteiger partial charge >= 0.3 is 5.97 Å². The number of carboxylic acids is 1. The van der Waals surface area contributed by atoms with Gasteiger partial charge in [-0.15, -0.1) is 0 Å². The van der Waals surface area contributed by atoms with Crippen LogP contribution in [0.1, 0.15) is 10.4 Å². The van der Waals surface area contributed by atoms with E-state index < -0.39 is 5.97 Å². The Bertz CT molecular complexity index is 710. The summed E-state index contributed by atoms with van der Waals surface area (Å²) in [5.74, 6) is -0.956. The van der Waals surface area contributed by atoms with Crippen LogP contribution in [0.3, 0.4) is 0 Å². The Morgan fingerprint density at radius 3 is 2.36 bits per heavy atom. The van der Waals surface area contributed by atoms with E-state index in [2.05, 4.69) is 4.90 Å². The summed E-state index contributed by atoms with van der Waals surface area (Å²) in [6, 6.07) is 12.5. The third-order valence-electron chi connectivity index (χ3n) is 3.91. The fourth-order valence-electron chi connectivity index (χ4n) is 2.64. The van der Waals surface area contributed by atoms with Crippen LogP contribution in [0.4, 0.5) is 11.4 Å². The number of carboxylic acid groups (broad SMARTS) is 1. The molecule has 0 aliphatic carbocycles. The fraction of sp³-hybridized carbons (Fsp3) is 0.316. The van der Waals surface area contributed by atoms with E-state index in [-0.39, 0.29) is 5.56 Å². The standard InChI is InChI=1S/C19H24N2O4/c1-24-10-8-21(9-11-25-2)18-7-6-16(20)13-17(18)14-4-3-5-15(12-14)19(22)23/h3-7,12-13H,8-11,20H2,1-2H3,(H,22,23). The van der Waals surface area contributed by atoms with Crippen LogP contribution in [-0.2, 0) is 9.47 Å². The van der Waals surface area contributed by atoms with Crippen molar-refractivity contribution in [1.82, 2.24) is 0 Å². The number of nitrogen functional groups attached to an aromatic ring is 1. The third kappa shape index (κ3) is 4.95. The maximum absolute atomic E-state index is 11.3. The molecule has 0 aromatic heterocycles. The molecule has 0 aliphatic rings. The normalized spacial score (nSPS) is 10.6. The highest BCUT2D eigenvalue weighted by molar-refractivity contribution is 5.91. The summed E-state index contributed by atoms with van der Waals surface area (Å²) in [6.07, 6.45) is 0. The zero-order chi connectivity index (χ0) is 18.2. The van der Waals surface area contributed by atoms with E-state index in [1.165, 1.54) is 0 Å². The smallest absolute Gasteiger partial charge is 0.335 e. The molecule has 0 bridgehead atoms. The van der Waals surface area contributed by atoms with Gasteiger partial charge in [-0.25, -0.2) is 4.79 Å². The number of carbonyl (C=O) groups is 1. The van der Waals surface area contributed by atoms with Crippen LogP contribution in [0, 0.1) is 0 Å². The summed E-state index contributed by atoms with van der Waals surface area (Å²) in [5.41, 5.74) is 9.50. The number of aromatic carboxylic acids is 1. The second kappa shape index (κ2) is 9.05. The number of rotatable bonds is 9. The van der Waals surface area contributed by atoms with Crippen molar-refractivity contribution in [2.24, 2.45) is 0 Å². The van der Waals surface area contributed by atoms with E-state index in [1.807, 2.05) is 24.3 Å². The molecule has 2 aromatic rings. The van der Waals surface area contributed by atoms with E-state index in [0.717, 1.165) is 16.8 Å². The van der Waals surface area contributed by atoms with Gasteiger partial charge in [-0.1, -0.05) is 12.1 Å². The molecule has 25 heavy (non-hydrogen) atoms. The van der Waals surface area contributed by atoms with Gasteiger partial charge in [0.15, 0.2) is 0 Å². The molecule has 0 unspecified atom stereocenters. The number of methoxy groups -OCH3 is 2. The summed E-state index contributed by atoms with van der Waals surface area (Å²) >= 11 is 0. The van der Waals surface area contributed by atoms with Crippen LogP contribution in [0.15, 0.2) is 42.5 Å². The molecule has 0 spiro atoms. The summed E-state index contributed by atoms with van der Waals surface area (Å²) in [4.78, 5) is 13.4. The zero-order valence-electron chi connectivity index (χ0n) is 14.6. The molecule has 0 atom stereocenters. The molecule has 0 radical (unpaired) electrons. The second-order valence-corrected chi connectivity index (χ2v) is 5.64. The molecule has 0 aliphatic heterocycles. The molecule has 0 amide bonds. The first-order chi connectivity index (χ1) is 12.1. The Kier molecular flexibility index (Phi) is 6.80. The lowest BCUT2D eigenvalue weighted by atomic mass is 10.00. The van der Waals surface area contributed by atoms with E-state index in [1.54, 1.807) is 32.4 Å². The highest BCUT2D eigenvalue weighted by Crippen LogP contribution is 2.33. The minimum Gasteiger partial charge on any atom is -0.478 e. The number of hydrogen-bond acceptors (Lipinski definition) is 5. The van der Waals surface area contributed by atoms with Crippen molar-refractivity contribution < 1.29 is 19.4 Å². The van der Waals surface area contributed by atoms with Gasteiger partial charge in [0.1, 0.15) is 0 Å². The Labute approximate surface area is 147 Å². The fourth-order valence-corrected chi connectivity index (χ4v) is 2.64. The van der Waals surface area contributed by atoms with Crippen LogP contribution >= 0.6 is 0 Å². The van der Waals surface area contributed by atoms with Crippen LogP contribution in [0.25, 0.3) is 11.1 Å². The number of ether oxygens (including phenoxy) is 2. The summed E-state index contributed by atoms with van der Waals surface area (Å²) < 4.78 is 10.4. The zero-order valence-corrected chi connectivity index (χ0v) is 14.6. The van der Waals surface area contributed by atoms with Gasteiger partial charge in [0.05, 0.1) is 18.8 Å². The number of nitrogens with two attached hydrogens (primary N) is 1. The van der Waals surface area contributed by atoms with E-state index in [0.29, 0.717) is 32.0 Å². The van der Waals surface area contributed by atoms with Crippen LogP contribution in [0.5, 0.6) is 0 Å². The van der Waals surface area contributed by atoms with Crippen molar-refractivity contribution in [3.05, 3.63) is 48.0 Å². The maximum atomic E-state index is 11.3. The monoisotopic (exact) mass is 344 g/mol. The molecule has 2 aromatic carbocycles. The lowest BCUT2D eigenvalue weighted by molar-refractivity contribution is 0.0697. The van der Waals surface area contributed by atoms with Crippen LogP contribution < -0.4 is 10.6 Å². The molecular weight excluding hydrogens is 320 g/mol. The van der Waals surface area contributed by atoms with Gasteiger partial charge in [-0.2, -0.15) is 0 Å². The first kappa shape index (κ1) is 18.8. The predicted octanol–water partition coefficient (Wildman–Crippen LogP) is 2.73. The molecule has 6 nitrogen and oxygen atoms in total.